The molecule has 3 rings (SSSR count). The molecule has 3 aromatic rings. The van der Waals surface area contributed by atoms with E-state index in [2.05, 4.69) is 0 Å². The van der Waals surface area contributed by atoms with Gasteiger partial charge in [-0.3, -0.25) is 0 Å². The summed E-state index contributed by atoms with van der Waals surface area (Å²) in [4.78, 5) is 11.6. The Morgan fingerprint density at radius 2 is 1.60 bits per heavy atom. The van der Waals surface area contributed by atoms with Crippen LogP contribution in [-0.2, 0) is 11.2 Å². The Balaban J connectivity index is 1.73. The molecule has 126 valence electrons. The average molecular weight is 332 g/mol. The molecule has 0 fully saturated rings. The summed E-state index contributed by atoms with van der Waals surface area (Å²) in [5, 5.41) is 9.47. The predicted octanol–water partition coefficient (Wildman–Crippen LogP) is 4.74. The number of aliphatic carboxylic acids is 1. The summed E-state index contributed by atoms with van der Waals surface area (Å²) < 4.78 is 5.71. The smallest absolute Gasteiger partial charge is 0.345 e. The third kappa shape index (κ3) is 4.48. The predicted molar refractivity (Wildman–Crippen MR) is 98.8 cm³/mol. The van der Waals surface area contributed by atoms with Crippen molar-refractivity contribution >= 4 is 5.97 Å². The third-order valence-electron chi connectivity index (χ3n) is 4.02. The molecule has 0 spiro atoms. The standard InChI is InChI=1S/C22H20O3/c1-16-6-5-7-17(14-16)15-21(22(23)24)25-20-12-10-19(11-13-20)18-8-3-2-4-9-18/h2-14,21H,15H2,1H3,(H,23,24)/t21-/m1/s1. The number of aryl methyl sites for hydroxylation is 1. The summed E-state index contributed by atoms with van der Waals surface area (Å²) in [7, 11) is 0. The van der Waals surface area contributed by atoms with Gasteiger partial charge >= 0.3 is 5.97 Å². The van der Waals surface area contributed by atoms with Gasteiger partial charge in [0.15, 0.2) is 6.10 Å². The van der Waals surface area contributed by atoms with Crippen LogP contribution in [0.1, 0.15) is 11.1 Å². The van der Waals surface area contributed by atoms with Gasteiger partial charge in [-0.1, -0.05) is 72.3 Å². The fourth-order valence-corrected chi connectivity index (χ4v) is 2.75. The molecule has 0 saturated heterocycles. The molecule has 0 bridgehead atoms. The van der Waals surface area contributed by atoms with Crippen molar-refractivity contribution in [2.75, 3.05) is 0 Å². The first-order valence-corrected chi connectivity index (χ1v) is 8.22. The minimum absolute atomic E-state index is 0.331. The monoisotopic (exact) mass is 332 g/mol. The summed E-state index contributed by atoms with van der Waals surface area (Å²) in [5.41, 5.74) is 4.24. The lowest BCUT2D eigenvalue weighted by Crippen LogP contribution is -2.29. The van der Waals surface area contributed by atoms with Crippen molar-refractivity contribution in [3.63, 3.8) is 0 Å². The lowest BCUT2D eigenvalue weighted by molar-refractivity contribution is -0.145. The maximum Gasteiger partial charge on any atom is 0.345 e. The van der Waals surface area contributed by atoms with Gasteiger partial charge in [0, 0.05) is 6.42 Å². The van der Waals surface area contributed by atoms with E-state index >= 15 is 0 Å². The molecule has 3 aromatic carbocycles. The Bertz CT molecular complexity index is 839. The Hall–Kier alpha value is -3.07. The molecule has 0 saturated carbocycles. The van der Waals surface area contributed by atoms with Gasteiger partial charge in [0.05, 0.1) is 0 Å². The minimum Gasteiger partial charge on any atom is -0.478 e. The van der Waals surface area contributed by atoms with E-state index in [9.17, 15) is 9.90 Å². The first kappa shape index (κ1) is 16.8. The van der Waals surface area contributed by atoms with Gasteiger partial charge in [0.25, 0.3) is 0 Å². The van der Waals surface area contributed by atoms with Crippen LogP contribution in [0.5, 0.6) is 5.75 Å². The molecule has 0 unspecified atom stereocenters. The van der Waals surface area contributed by atoms with Crippen LogP contribution in [0, 0.1) is 6.92 Å². The second-order valence-corrected chi connectivity index (χ2v) is 6.03. The van der Waals surface area contributed by atoms with Crippen LogP contribution in [0.25, 0.3) is 11.1 Å². The van der Waals surface area contributed by atoms with Gasteiger partial charge in [-0.05, 0) is 35.7 Å². The molecule has 3 heteroatoms. The third-order valence-corrected chi connectivity index (χ3v) is 4.02. The fraction of sp³-hybridized carbons (Fsp3) is 0.136. The Labute approximate surface area is 147 Å². The van der Waals surface area contributed by atoms with Crippen molar-refractivity contribution in [2.24, 2.45) is 0 Å². The zero-order valence-corrected chi connectivity index (χ0v) is 14.1. The van der Waals surface area contributed by atoms with Gasteiger partial charge in [0.2, 0.25) is 0 Å². The normalized spacial score (nSPS) is 11.7. The fourth-order valence-electron chi connectivity index (χ4n) is 2.75. The second kappa shape index (κ2) is 7.67. The molecule has 0 aromatic heterocycles. The van der Waals surface area contributed by atoms with Gasteiger partial charge in [-0.25, -0.2) is 4.79 Å². The number of carboxylic acid groups (broad SMARTS) is 1. The minimum atomic E-state index is -0.964. The highest BCUT2D eigenvalue weighted by Crippen LogP contribution is 2.23. The van der Waals surface area contributed by atoms with E-state index in [4.69, 9.17) is 4.74 Å². The van der Waals surface area contributed by atoms with Crippen molar-refractivity contribution in [2.45, 2.75) is 19.4 Å². The summed E-state index contributed by atoms with van der Waals surface area (Å²) in [5.74, 6) is -0.409. The van der Waals surface area contributed by atoms with Crippen LogP contribution < -0.4 is 4.74 Å². The van der Waals surface area contributed by atoms with E-state index in [0.29, 0.717) is 12.2 Å². The van der Waals surface area contributed by atoms with Gasteiger partial charge in [0.1, 0.15) is 5.75 Å². The quantitative estimate of drug-likeness (QED) is 0.709. The number of ether oxygens (including phenoxy) is 1. The maximum atomic E-state index is 11.6. The first-order chi connectivity index (χ1) is 12.1. The molecule has 0 aliphatic carbocycles. The highest BCUT2D eigenvalue weighted by Gasteiger charge is 2.20. The second-order valence-electron chi connectivity index (χ2n) is 6.03. The van der Waals surface area contributed by atoms with Crippen LogP contribution in [0.3, 0.4) is 0 Å². The van der Waals surface area contributed by atoms with Crippen molar-refractivity contribution in [1.82, 2.24) is 0 Å². The molecule has 0 heterocycles. The van der Waals surface area contributed by atoms with Gasteiger partial charge in [-0.15, -0.1) is 0 Å². The summed E-state index contributed by atoms with van der Waals surface area (Å²) in [6.45, 7) is 1.99. The summed E-state index contributed by atoms with van der Waals surface area (Å²) >= 11 is 0. The van der Waals surface area contributed by atoms with E-state index in [1.165, 1.54) is 0 Å². The van der Waals surface area contributed by atoms with Crippen molar-refractivity contribution in [1.29, 1.82) is 0 Å². The Kier molecular flexibility index (Phi) is 5.14. The lowest BCUT2D eigenvalue weighted by Gasteiger charge is -2.16. The van der Waals surface area contributed by atoms with Gasteiger partial charge < -0.3 is 9.84 Å². The number of rotatable bonds is 6. The summed E-state index contributed by atoms with van der Waals surface area (Å²) in [6.07, 6.45) is -0.582. The molecule has 1 atom stereocenters. The van der Waals surface area contributed by atoms with Crippen molar-refractivity contribution in [3.8, 4) is 16.9 Å². The number of hydrogen-bond acceptors (Lipinski definition) is 2. The molecule has 0 aliphatic rings. The molecule has 3 nitrogen and oxygen atoms in total. The molecular weight excluding hydrogens is 312 g/mol. The van der Waals surface area contributed by atoms with Crippen LogP contribution in [0.15, 0.2) is 78.9 Å². The number of carbonyl (C=O) groups is 1. The molecule has 25 heavy (non-hydrogen) atoms. The zero-order valence-electron chi connectivity index (χ0n) is 14.1. The number of carboxylic acids is 1. The summed E-state index contributed by atoms with van der Waals surface area (Å²) in [6, 6.07) is 25.4. The van der Waals surface area contributed by atoms with Crippen molar-refractivity contribution < 1.29 is 14.6 Å². The maximum absolute atomic E-state index is 11.6. The van der Waals surface area contributed by atoms with E-state index in [1.807, 2.05) is 85.8 Å². The first-order valence-electron chi connectivity index (χ1n) is 8.22. The molecule has 0 aliphatic heterocycles. The van der Waals surface area contributed by atoms with Crippen LogP contribution in [0.4, 0.5) is 0 Å². The Morgan fingerprint density at radius 1 is 0.920 bits per heavy atom. The Morgan fingerprint density at radius 3 is 2.24 bits per heavy atom. The van der Waals surface area contributed by atoms with Crippen LogP contribution in [-0.4, -0.2) is 17.2 Å². The van der Waals surface area contributed by atoms with Gasteiger partial charge in [-0.2, -0.15) is 0 Å². The number of benzene rings is 3. The van der Waals surface area contributed by atoms with E-state index in [0.717, 1.165) is 22.3 Å². The lowest BCUT2D eigenvalue weighted by atomic mass is 10.0. The highest BCUT2D eigenvalue weighted by molar-refractivity contribution is 5.73. The topological polar surface area (TPSA) is 46.5 Å². The largest absolute Gasteiger partial charge is 0.478 e. The highest BCUT2D eigenvalue weighted by atomic mass is 16.5. The molecule has 1 N–H and O–H groups in total. The average Bonchev–Trinajstić information content (AvgIpc) is 2.62. The van der Waals surface area contributed by atoms with E-state index in [1.54, 1.807) is 0 Å². The van der Waals surface area contributed by atoms with Crippen LogP contribution >= 0.6 is 0 Å². The molecule has 0 amide bonds. The molecular formula is C22H20O3. The zero-order chi connectivity index (χ0) is 17.6. The van der Waals surface area contributed by atoms with Crippen molar-refractivity contribution in [3.05, 3.63) is 90.0 Å². The SMILES string of the molecule is Cc1cccc(C[C@@H](Oc2ccc(-c3ccccc3)cc2)C(=O)O)c1. The van der Waals surface area contributed by atoms with E-state index in [-0.39, 0.29) is 0 Å². The molecule has 0 radical (unpaired) electrons. The van der Waals surface area contributed by atoms with E-state index < -0.39 is 12.1 Å². The number of hydrogen-bond donors (Lipinski definition) is 1. The van der Waals surface area contributed by atoms with Crippen LogP contribution in [0.2, 0.25) is 0 Å².